The van der Waals surface area contributed by atoms with E-state index in [0.29, 0.717) is 13.1 Å². The first-order chi connectivity index (χ1) is 9.69. The van der Waals surface area contributed by atoms with Gasteiger partial charge in [0.15, 0.2) is 0 Å². The maximum absolute atomic E-state index is 9.92. The number of aromatic nitrogens is 3. The highest BCUT2D eigenvalue weighted by atomic mass is 16.3. The number of hydrogen-bond donors (Lipinski definition) is 1. The fourth-order valence-electron chi connectivity index (χ4n) is 2.10. The summed E-state index contributed by atoms with van der Waals surface area (Å²) in [4.78, 5) is 2.20. The number of hydrogen-bond acceptors (Lipinski definition) is 4. The van der Waals surface area contributed by atoms with Gasteiger partial charge in [0.1, 0.15) is 12.2 Å². The van der Waals surface area contributed by atoms with Crippen molar-refractivity contribution in [3.63, 3.8) is 0 Å². The van der Waals surface area contributed by atoms with Crippen molar-refractivity contribution in [3.8, 4) is 0 Å². The van der Waals surface area contributed by atoms with Crippen molar-refractivity contribution in [1.82, 2.24) is 19.7 Å². The Balaban J connectivity index is 2.06. The van der Waals surface area contributed by atoms with Crippen LogP contribution in [0.3, 0.4) is 0 Å². The lowest BCUT2D eigenvalue weighted by Gasteiger charge is -2.24. The average molecular weight is 274 g/mol. The van der Waals surface area contributed by atoms with Crippen molar-refractivity contribution in [1.29, 1.82) is 0 Å². The number of aliphatic hydroxyl groups is 1. The lowest BCUT2D eigenvalue weighted by Crippen LogP contribution is -2.32. The molecule has 1 heterocycles. The molecule has 0 radical (unpaired) electrons. The normalized spacial score (nSPS) is 12.8. The Kier molecular flexibility index (Phi) is 5.26. The van der Waals surface area contributed by atoms with Gasteiger partial charge in [-0.25, -0.2) is 0 Å². The minimum Gasteiger partial charge on any atom is -0.392 e. The van der Waals surface area contributed by atoms with Gasteiger partial charge in [0.2, 0.25) is 0 Å². The zero-order chi connectivity index (χ0) is 14.4. The summed E-state index contributed by atoms with van der Waals surface area (Å²) in [5, 5.41) is 17.9. The first kappa shape index (κ1) is 14.7. The van der Waals surface area contributed by atoms with Crippen molar-refractivity contribution >= 4 is 0 Å². The van der Waals surface area contributed by atoms with Crippen LogP contribution in [-0.2, 0) is 20.1 Å². The number of nitrogens with zero attached hydrogens (tertiary/aromatic N) is 4. The van der Waals surface area contributed by atoms with Gasteiger partial charge >= 0.3 is 0 Å². The molecule has 5 heteroatoms. The zero-order valence-electron chi connectivity index (χ0n) is 12.1. The minimum absolute atomic E-state index is 0.313. The Labute approximate surface area is 119 Å². The summed E-state index contributed by atoms with van der Waals surface area (Å²) in [5.74, 6) is 0.907. The molecule has 0 spiro atoms. The summed E-state index contributed by atoms with van der Waals surface area (Å²) >= 11 is 0. The van der Waals surface area contributed by atoms with Gasteiger partial charge in [0, 0.05) is 20.1 Å². The molecule has 0 amide bonds. The third-order valence-corrected chi connectivity index (χ3v) is 3.36. The molecule has 1 aromatic carbocycles. The molecule has 0 saturated heterocycles. The van der Waals surface area contributed by atoms with Crippen LogP contribution in [0.5, 0.6) is 0 Å². The average Bonchev–Trinajstić information content (AvgIpc) is 2.85. The molecule has 1 atom stereocenters. The van der Waals surface area contributed by atoms with E-state index in [1.54, 1.807) is 6.33 Å². The molecular weight excluding hydrogens is 252 g/mol. The molecule has 108 valence electrons. The quantitative estimate of drug-likeness (QED) is 0.833. The molecule has 1 aromatic heterocycles. The Bertz CT molecular complexity index is 512. The molecule has 1 N–H and O–H groups in total. The first-order valence-electron chi connectivity index (χ1n) is 6.96. The van der Waals surface area contributed by atoms with Crippen molar-refractivity contribution < 1.29 is 5.11 Å². The highest BCUT2D eigenvalue weighted by Crippen LogP contribution is 2.09. The lowest BCUT2D eigenvalue weighted by molar-refractivity contribution is 0.0994. The molecule has 0 aliphatic carbocycles. The molecule has 5 nitrogen and oxygen atoms in total. The van der Waals surface area contributed by atoms with E-state index in [9.17, 15) is 5.11 Å². The topological polar surface area (TPSA) is 54.2 Å². The maximum Gasteiger partial charge on any atom is 0.146 e. The first-order valence-corrected chi connectivity index (χ1v) is 6.96. The van der Waals surface area contributed by atoms with Crippen LogP contribution in [0.4, 0.5) is 0 Å². The van der Waals surface area contributed by atoms with Crippen molar-refractivity contribution in [2.24, 2.45) is 7.05 Å². The van der Waals surface area contributed by atoms with E-state index in [1.807, 2.05) is 36.7 Å². The molecule has 0 fully saturated rings. The largest absolute Gasteiger partial charge is 0.392 e. The van der Waals surface area contributed by atoms with Crippen molar-refractivity contribution in [3.05, 3.63) is 48.0 Å². The van der Waals surface area contributed by atoms with Gasteiger partial charge in [-0.3, -0.25) is 4.90 Å². The lowest BCUT2D eigenvalue weighted by atomic mass is 10.2. The van der Waals surface area contributed by atoms with Gasteiger partial charge in [0.05, 0.1) is 12.6 Å². The van der Waals surface area contributed by atoms with E-state index in [1.165, 1.54) is 5.56 Å². The van der Waals surface area contributed by atoms with Crippen molar-refractivity contribution in [2.75, 3.05) is 6.54 Å². The molecule has 2 aromatic rings. The molecule has 0 saturated carbocycles. The predicted octanol–water partition coefficient (Wildman–Crippen LogP) is 1.59. The van der Waals surface area contributed by atoms with Crippen LogP contribution < -0.4 is 0 Å². The van der Waals surface area contributed by atoms with Crippen LogP contribution in [0.25, 0.3) is 0 Å². The van der Waals surface area contributed by atoms with Gasteiger partial charge in [-0.2, -0.15) is 0 Å². The molecular formula is C15H22N4O. The molecule has 2 rings (SSSR count). The highest BCUT2D eigenvalue weighted by Gasteiger charge is 2.14. The summed E-state index contributed by atoms with van der Waals surface area (Å²) < 4.78 is 1.91. The van der Waals surface area contributed by atoms with Crippen LogP contribution >= 0.6 is 0 Å². The zero-order valence-corrected chi connectivity index (χ0v) is 12.1. The summed E-state index contributed by atoms with van der Waals surface area (Å²) in [6, 6.07) is 10.3. The second-order valence-corrected chi connectivity index (χ2v) is 5.08. The predicted molar refractivity (Wildman–Crippen MR) is 77.9 cm³/mol. The SMILES string of the molecule is CCC(O)CN(Cc1ccccc1)Cc1nncn1C. The second-order valence-electron chi connectivity index (χ2n) is 5.08. The van der Waals surface area contributed by atoms with Gasteiger partial charge in [-0.05, 0) is 12.0 Å². The third kappa shape index (κ3) is 4.15. The molecule has 1 unspecified atom stereocenters. The third-order valence-electron chi connectivity index (χ3n) is 3.36. The highest BCUT2D eigenvalue weighted by molar-refractivity contribution is 5.14. The smallest absolute Gasteiger partial charge is 0.146 e. The molecule has 0 bridgehead atoms. The fraction of sp³-hybridized carbons (Fsp3) is 0.467. The summed E-state index contributed by atoms with van der Waals surface area (Å²) in [6.45, 7) is 4.11. The summed E-state index contributed by atoms with van der Waals surface area (Å²) in [7, 11) is 1.94. The molecule has 20 heavy (non-hydrogen) atoms. The standard InChI is InChI=1S/C15H22N4O/c1-3-14(20)10-19(9-13-7-5-4-6-8-13)11-15-17-16-12-18(15)2/h4-8,12,14,20H,3,9-11H2,1-2H3. The van der Waals surface area contributed by atoms with E-state index in [-0.39, 0.29) is 6.10 Å². The Morgan fingerprint density at radius 2 is 2.00 bits per heavy atom. The van der Waals surface area contributed by atoms with E-state index < -0.39 is 0 Å². The van der Waals surface area contributed by atoms with Crippen LogP contribution in [0.15, 0.2) is 36.7 Å². The Morgan fingerprint density at radius 3 is 2.60 bits per heavy atom. The van der Waals surface area contributed by atoms with Crippen LogP contribution in [0, 0.1) is 0 Å². The summed E-state index contributed by atoms with van der Waals surface area (Å²) in [6.07, 6.45) is 2.14. The van der Waals surface area contributed by atoms with Crippen molar-refractivity contribution in [2.45, 2.75) is 32.5 Å². The molecule has 0 aliphatic rings. The van der Waals surface area contributed by atoms with Gasteiger partial charge in [0.25, 0.3) is 0 Å². The minimum atomic E-state index is -0.313. The fourth-order valence-corrected chi connectivity index (χ4v) is 2.10. The Hall–Kier alpha value is -1.72. The van der Waals surface area contributed by atoms with Crippen LogP contribution in [0.1, 0.15) is 24.7 Å². The number of aliphatic hydroxyl groups excluding tert-OH is 1. The monoisotopic (exact) mass is 274 g/mol. The van der Waals surface area contributed by atoms with E-state index in [2.05, 4.69) is 27.2 Å². The van der Waals surface area contributed by atoms with E-state index >= 15 is 0 Å². The van der Waals surface area contributed by atoms with Crippen LogP contribution in [0.2, 0.25) is 0 Å². The number of aryl methyl sites for hydroxylation is 1. The maximum atomic E-state index is 9.92. The van der Waals surface area contributed by atoms with Crippen LogP contribution in [-0.4, -0.2) is 37.4 Å². The van der Waals surface area contributed by atoms with E-state index in [0.717, 1.165) is 18.8 Å². The number of benzene rings is 1. The summed E-state index contributed by atoms with van der Waals surface area (Å²) in [5.41, 5.74) is 1.23. The Morgan fingerprint density at radius 1 is 1.25 bits per heavy atom. The second kappa shape index (κ2) is 7.17. The number of rotatable bonds is 7. The van der Waals surface area contributed by atoms with E-state index in [4.69, 9.17) is 0 Å². The van der Waals surface area contributed by atoms with Gasteiger partial charge < -0.3 is 9.67 Å². The van der Waals surface area contributed by atoms with Gasteiger partial charge in [-0.1, -0.05) is 37.3 Å². The molecule has 0 aliphatic heterocycles. The van der Waals surface area contributed by atoms with Gasteiger partial charge in [-0.15, -0.1) is 10.2 Å².